The van der Waals surface area contributed by atoms with Crippen molar-refractivity contribution in [2.45, 2.75) is 38.5 Å². The van der Waals surface area contributed by atoms with Crippen molar-refractivity contribution in [2.24, 2.45) is 0 Å². The van der Waals surface area contributed by atoms with Crippen molar-refractivity contribution in [3.63, 3.8) is 0 Å². The Morgan fingerprint density at radius 3 is 2.36 bits per heavy atom. The number of aliphatic hydroxyl groups is 1. The minimum atomic E-state index is -0.836. The summed E-state index contributed by atoms with van der Waals surface area (Å²) in [5.41, 5.74) is 2.03. The molecule has 0 saturated heterocycles. The highest BCUT2D eigenvalue weighted by atomic mass is 32.2. The van der Waals surface area contributed by atoms with Gasteiger partial charge < -0.3 is 9.84 Å². The molecule has 0 fully saturated rings. The van der Waals surface area contributed by atoms with Crippen molar-refractivity contribution in [3.05, 3.63) is 71.8 Å². The lowest BCUT2D eigenvalue weighted by atomic mass is 9.92. The van der Waals surface area contributed by atoms with Crippen LogP contribution in [0, 0.1) is 0 Å². The molecule has 0 bridgehead atoms. The fourth-order valence-corrected chi connectivity index (χ4v) is 3.52. The second-order valence-electron chi connectivity index (χ2n) is 6.52. The van der Waals surface area contributed by atoms with Gasteiger partial charge >= 0.3 is 5.97 Å². The molecule has 5 nitrogen and oxygen atoms in total. The van der Waals surface area contributed by atoms with E-state index in [9.17, 15) is 14.7 Å². The molecule has 2 aromatic rings. The predicted molar refractivity (Wildman–Crippen MR) is 112 cm³/mol. The van der Waals surface area contributed by atoms with E-state index >= 15 is 0 Å². The average Bonchev–Trinajstić information content (AvgIpc) is 2.71. The van der Waals surface area contributed by atoms with E-state index in [1.807, 2.05) is 60.7 Å². The number of esters is 1. The van der Waals surface area contributed by atoms with Gasteiger partial charge in [0.15, 0.2) is 5.12 Å². The Bertz CT molecular complexity index is 724. The van der Waals surface area contributed by atoms with Gasteiger partial charge in [0.1, 0.15) is 12.8 Å². The first-order valence-electron chi connectivity index (χ1n) is 9.34. The van der Waals surface area contributed by atoms with E-state index in [0.29, 0.717) is 12.2 Å². The largest absolute Gasteiger partial charge is 0.460 e. The third-order valence-corrected chi connectivity index (χ3v) is 5.12. The van der Waals surface area contributed by atoms with Crippen molar-refractivity contribution in [1.82, 2.24) is 5.32 Å². The zero-order valence-corrected chi connectivity index (χ0v) is 16.9. The highest BCUT2D eigenvalue weighted by molar-refractivity contribution is 8.13. The van der Waals surface area contributed by atoms with Crippen LogP contribution >= 0.6 is 11.8 Å². The molecule has 0 radical (unpaired) electrons. The summed E-state index contributed by atoms with van der Waals surface area (Å²) in [4.78, 5) is 23.1. The molecule has 0 heterocycles. The van der Waals surface area contributed by atoms with E-state index in [-0.39, 0.29) is 24.2 Å². The Hall–Kier alpha value is -2.15. The number of rotatable bonds is 11. The maximum Gasteiger partial charge on any atom is 0.320 e. The second kappa shape index (κ2) is 12.3. The van der Waals surface area contributed by atoms with Crippen molar-refractivity contribution < 1.29 is 19.4 Å². The molecule has 0 spiro atoms. The summed E-state index contributed by atoms with van der Waals surface area (Å²) in [5, 5.41) is 13.2. The Morgan fingerprint density at radius 2 is 1.71 bits per heavy atom. The first-order chi connectivity index (χ1) is 13.5. The molecule has 150 valence electrons. The SMILES string of the molecule is CC(=O)SCCC(CC(O)NCC(=O)OCc1ccccc1)c1ccccc1. The van der Waals surface area contributed by atoms with Gasteiger partial charge in [0.25, 0.3) is 0 Å². The first-order valence-corrected chi connectivity index (χ1v) is 10.3. The van der Waals surface area contributed by atoms with Crippen LogP contribution in [0.5, 0.6) is 0 Å². The fourth-order valence-electron chi connectivity index (χ4n) is 2.83. The van der Waals surface area contributed by atoms with E-state index in [2.05, 4.69) is 5.32 Å². The molecular formula is C22H27NO4S. The van der Waals surface area contributed by atoms with Crippen LogP contribution in [0.1, 0.15) is 36.8 Å². The lowest BCUT2D eigenvalue weighted by Gasteiger charge is -2.21. The molecule has 2 aromatic carbocycles. The van der Waals surface area contributed by atoms with Crippen LogP contribution in [0.25, 0.3) is 0 Å². The molecule has 2 atom stereocenters. The molecule has 0 saturated carbocycles. The summed E-state index contributed by atoms with van der Waals surface area (Å²) in [6, 6.07) is 19.4. The van der Waals surface area contributed by atoms with Gasteiger partial charge in [-0.05, 0) is 29.9 Å². The van der Waals surface area contributed by atoms with Crippen molar-refractivity contribution in [2.75, 3.05) is 12.3 Å². The fraction of sp³-hybridized carbons (Fsp3) is 0.364. The summed E-state index contributed by atoms with van der Waals surface area (Å²) in [6.07, 6.45) is 0.386. The summed E-state index contributed by atoms with van der Waals surface area (Å²) in [7, 11) is 0. The zero-order chi connectivity index (χ0) is 20.2. The van der Waals surface area contributed by atoms with Crippen LogP contribution in [-0.4, -0.2) is 34.7 Å². The van der Waals surface area contributed by atoms with Crippen molar-refractivity contribution >= 4 is 22.8 Å². The summed E-state index contributed by atoms with van der Waals surface area (Å²) < 4.78 is 5.21. The van der Waals surface area contributed by atoms with Gasteiger partial charge in [0, 0.05) is 12.7 Å². The minimum Gasteiger partial charge on any atom is -0.460 e. The van der Waals surface area contributed by atoms with Crippen LogP contribution < -0.4 is 5.32 Å². The molecule has 2 unspecified atom stereocenters. The number of aliphatic hydroxyl groups excluding tert-OH is 1. The third kappa shape index (κ3) is 8.69. The van der Waals surface area contributed by atoms with Crippen molar-refractivity contribution in [1.29, 1.82) is 0 Å². The van der Waals surface area contributed by atoms with Gasteiger partial charge in [-0.15, -0.1) is 0 Å². The zero-order valence-electron chi connectivity index (χ0n) is 16.0. The summed E-state index contributed by atoms with van der Waals surface area (Å²) >= 11 is 1.29. The van der Waals surface area contributed by atoms with Crippen LogP contribution in [0.15, 0.2) is 60.7 Å². The monoisotopic (exact) mass is 401 g/mol. The van der Waals surface area contributed by atoms with Crippen LogP contribution in [-0.2, 0) is 20.9 Å². The number of hydrogen-bond donors (Lipinski definition) is 2. The van der Waals surface area contributed by atoms with Gasteiger partial charge in [0.05, 0.1) is 6.54 Å². The summed E-state index contributed by atoms with van der Waals surface area (Å²) in [5.74, 6) is 0.378. The number of nitrogens with one attached hydrogen (secondary N) is 1. The number of carbonyl (C=O) groups excluding carboxylic acids is 2. The topological polar surface area (TPSA) is 75.6 Å². The molecular weight excluding hydrogens is 374 g/mol. The standard InChI is InChI=1S/C22H27NO4S/c1-17(24)28-13-12-20(19-10-6-3-7-11-19)14-21(25)23-15-22(26)27-16-18-8-4-2-5-9-18/h2-11,20-21,23,25H,12-16H2,1H3. The Balaban J connectivity index is 1.78. The number of carbonyl (C=O) groups is 2. The number of benzene rings is 2. The van der Waals surface area contributed by atoms with Gasteiger partial charge in [-0.2, -0.15) is 0 Å². The minimum absolute atomic E-state index is 0.0578. The van der Waals surface area contributed by atoms with E-state index in [4.69, 9.17) is 4.74 Å². The molecule has 0 amide bonds. The molecule has 0 aliphatic carbocycles. The van der Waals surface area contributed by atoms with Gasteiger partial charge in [0.2, 0.25) is 0 Å². The van der Waals surface area contributed by atoms with Crippen LogP contribution in [0.3, 0.4) is 0 Å². The summed E-state index contributed by atoms with van der Waals surface area (Å²) in [6.45, 7) is 1.71. The molecule has 0 aliphatic heterocycles. The molecule has 6 heteroatoms. The predicted octanol–water partition coefficient (Wildman–Crippen LogP) is 3.48. The van der Waals surface area contributed by atoms with E-state index < -0.39 is 12.2 Å². The molecule has 28 heavy (non-hydrogen) atoms. The Morgan fingerprint density at radius 1 is 1.07 bits per heavy atom. The Labute approximate surface area is 170 Å². The number of thioether (sulfide) groups is 1. The van der Waals surface area contributed by atoms with Gasteiger partial charge in [-0.25, -0.2) is 0 Å². The van der Waals surface area contributed by atoms with Gasteiger partial charge in [-0.1, -0.05) is 72.4 Å². The van der Waals surface area contributed by atoms with Crippen LogP contribution in [0.4, 0.5) is 0 Å². The number of hydrogen-bond acceptors (Lipinski definition) is 6. The highest BCUT2D eigenvalue weighted by Gasteiger charge is 2.17. The third-order valence-electron chi connectivity index (χ3n) is 4.28. The number of ether oxygens (including phenoxy) is 1. The van der Waals surface area contributed by atoms with E-state index in [1.54, 1.807) is 6.92 Å². The maximum atomic E-state index is 11.9. The highest BCUT2D eigenvalue weighted by Crippen LogP contribution is 2.26. The first kappa shape index (κ1) is 22.1. The van der Waals surface area contributed by atoms with E-state index in [0.717, 1.165) is 17.5 Å². The van der Waals surface area contributed by atoms with Crippen molar-refractivity contribution in [3.8, 4) is 0 Å². The lowest BCUT2D eigenvalue weighted by Crippen LogP contribution is -2.35. The molecule has 0 aromatic heterocycles. The normalized spacial score (nSPS) is 12.9. The van der Waals surface area contributed by atoms with Crippen LogP contribution in [0.2, 0.25) is 0 Å². The molecule has 2 N–H and O–H groups in total. The Kier molecular flexibility index (Phi) is 9.76. The average molecular weight is 402 g/mol. The maximum absolute atomic E-state index is 11.9. The lowest BCUT2D eigenvalue weighted by molar-refractivity contribution is -0.144. The van der Waals surface area contributed by atoms with E-state index in [1.165, 1.54) is 11.8 Å². The molecule has 0 aliphatic rings. The smallest absolute Gasteiger partial charge is 0.320 e. The second-order valence-corrected chi connectivity index (χ2v) is 7.79. The van der Waals surface area contributed by atoms with Gasteiger partial charge in [-0.3, -0.25) is 14.9 Å². The molecule has 2 rings (SSSR count). The quantitative estimate of drug-likeness (QED) is 0.443.